The molecule has 1 aliphatic heterocycles. The fourth-order valence-corrected chi connectivity index (χ4v) is 4.51. The second-order valence-electron chi connectivity index (χ2n) is 7.52. The standard InChI is InChI=1S/C22H22ClN5O4S/c1-14(21(29)25-19-12-15(28(30)31)6-7-17(19)23)33-22-16-4-2-3-5-18(16)24-20(26-22)13-27-8-10-32-11-9-27/h2-7,12,14H,8-11,13H2,1H3,(H,25,29). The molecule has 0 radical (unpaired) electrons. The van der Waals surface area contributed by atoms with E-state index in [-0.39, 0.29) is 22.3 Å². The van der Waals surface area contributed by atoms with Gasteiger partial charge in [0.25, 0.3) is 5.69 Å². The average Bonchev–Trinajstić information content (AvgIpc) is 2.81. The lowest BCUT2D eigenvalue weighted by molar-refractivity contribution is -0.384. The van der Waals surface area contributed by atoms with Crippen LogP contribution in [-0.2, 0) is 16.1 Å². The number of morpholine rings is 1. The highest BCUT2D eigenvalue weighted by Crippen LogP contribution is 2.31. The Morgan fingerprint density at radius 1 is 1.27 bits per heavy atom. The first-order chi connectivity index (χ1) is 15.9. The normalized spacial score (nSPS) is 15.3. The molecule has 4 rings (SSSR count). The number of thioether (sulfide) groups is 1. The number of nitrogens with one attached hydrogen (secondary N) is 1. The van der Waals surface area contributed by atoms with E-state index in [0.29, 0.717) is 30.6 Å². The Morgan fingerprint density at radius 2 is 2.03 bits per heavy atom. The molecular weight excluding hydrogens is 466 g/mol. The van der Waals surface area contributed by atoms with E-state index in [4.69, 9.17) is 26.3 Å². The number of fused-ring (bicyclic) bond motifs is 1. The highest BCUT2D eigenvalue weighted by Gasteiger charge is 2.21. The van der Waals surface area contributed by atoms with E-state index in [9.17, 15) is 14.9 Å². The maximum Gasteiger partial charge on any atom is 0.271 e. The predicted octanol–water partition coefficient (Wildman–Crippen LogP) is 4.14. The van der Waals surface area contributed by atoms with Crippen LogP contribution >= 0.6 is 23.4 Å². The maximum atomic E-state index is 12.9. The number of nitrogens with zero attached hydrogens (tertiary/aromatic N) is 4. The van der Waals surface area contributed by atoms with Crippen molar-refractivity contribution in [3.63, 3.8) is 0 Å². The highest BCUT2D eigenvalue weighted by atomic mass is 35.5. The van der Waals surface area contributed by atoms with Gasteiger partial charge in [-0.3, -0.25) is 19.8 Å². The van der Waals surface area contributed by atoms with Crippen molar-refractivity contribution in [1.29, 1.82) is 0 Å². The number of carbonyl (C=O) groups excluding carboxylic acids is 1. The number of para-hydroxylation sites is 1. The third-order valence-electron chi connectivity index (χ3n) is 5.16. The molecular formula is C22H22ClN5O4S. The van der Waals surface area contributed by atoms with Gasteiger partial charge in [0.2, 0.25) is 5.91 Å². The van der Waals surface area contributed by atoms with Gasteiger partial charge < -0.3 is 10.1 Å². The first-order valence-electron chi connectivity index (χ1n) is 10.4. The molecule has 1 N–H and O–H groups in total. The molecule has 0 spiro atoms. The van der Waals surface area contributed by atoms with Crippen LogP contribution in [0.5, 0.6) is 0 Å². The van der Waals surface area contributed by atoms with Crippen LogP contribution in [-0.4, -0.2) is 57.3 Å². The van der Waals surface area contributed by atoms with Crippen molar-refractivity contribution in [2.24, 2.45) is 0 Å². The van der Waals surface area contributed by atoms with Gasteiger partial charge in [0.05, 0.1) is 46.2 Å². The second kappa shape index (κ2) is 10.4. The van der Waals surface area contributed by atoms with Crippen LogP contribution in [0.2, 0.25) is 5.02 Å². The third-order valence-corrected chi connectivity index (χ3v) is 6.59. The number of hydrogen-bond donors (Lipinski definition) is 1. The minimum Gasteiger partial charge on any atom is -0.379 e. The average molecular weight is 488 g/mol. The molecule has 1 aliphatic rings. The van der Waals surface area contributed by atoms with E-state index in [1.54, 1.807) is 6.92 Å². The molecule has 11 heteroatoms. The van der Waals surface area contributed by atoms with Crippen LogP contribution in [0.25, 0.3) is 10.9 Å². The summed E-state index contributed by atoms with van der Waals surface area (Å²) in [5, 5.41) is 15.0. The zero-order chi connectivity index (χ0) is 23.4. The number of amides is 1. The van der Waals surface area contributed by atoms with Gasteiger partial charge in [0.15, 0.2) is 0 Å². The molecule has 0 aliphatic carbocycles. The summed E-state index contributed by atoms with van der Waals surface area (Å²) in [6.07, 6.45) is 0. The monoisotopic (exact) mass is 487 g/mol. The van der Waals surface area contributed by atoms with E-state index >= 15 is 0 Å². The molecule has 1 atom stereocenters. The van der Waals surface area contributed by atoms with Crippen molar-refractivity contribution in [1.82, 2.24) is 14.9 Å². The van der Waals surface area contributed by atoms with E-state index < -0.39 is 10.2 Å². The van der Waals surface area contributed by atoms with Gasteiger partial charge in [-0.15, -0.1) is 0 Å². The number of nitro benzene ring substituents is 1. The molecule has 33 heavy (non-hydrogen) atoms. The van der Waals surface area contributed by atoms with Crippen LogP contribution < -0.4 is 5.32 Å². The first-order valence-corrected chi connectivity index (χ1v) is 11.6. The van der Waals surface area contributed by atoms with E-state index in [1.807, 2.05) is 24.3 Å². The second-order valence-corrected chi connectivity index (χ2v) is 9.26. The molecule has 1 aromatic heterocycles. The molecule has 2 heterocycles. The quantitative estimate of drug-likeness (QED) is 0.229. The number of nitro groups is 1. The first kappa shape index (κ1) is 23.4. The number of halogens is 1. The largest absolute Gasteiger partial charge is 0.379 e. The van der Waals surface area contributed by atoms with Crippen molar-refractivity contribution >= 4 is 51.5 Å². The summed E-state index contributed by atoms with van der Waals surface area (Å²) in [6, 6.07) is 11.6. The van der Waals surface area contributed by atoms with Crippen molar-refractivity contribution in [2.45, 2.75) is 23.7 Å². The number of rotatable bonds is 7. The highest BCUT2D eigenvalue weighted by molar-refractivity contribution is 8.00. The Bertz CT molecular complexity index is 1190. The minimum absolute atomic E-state index is 0.149. The fourth-order valence-electron chi connectivity index (χ4n) is 3.39. The van der Waals surface area contributed by atoms with Crippen molar-refractivity contribution in [2.75, 3.05) is 31.6 Å². The van der Waals surface area contributed by atoms with Crippen LogP contribution in [0, 0.1) is 10.1 Å². The Kier molecular flexibility index (Phi) is 7.39. The van der Waals surface area contributed by atoms with Crippen LogP contribution in [0.3, 0.4) is 0 Å². The lowest BCUT2D eigenvalue weighted by atomic mass is 10.2. The zero-order valence-corrected chi connectivity index (χ0v) is 19.4. The van der Waals surface area contributed by atoms with Gasteiger partial charge in [-0.05, 0) is 19.1 Å². The summed E-state index contributed by atoms with van der Waals surface area (Å²) < 4.78 is 5.41. The topological polar surface area (TPSA) is 110 Å². The summed E-state index contributed by atoms with van der Waals surface area (Å²) in [7, 11) is 0. The molecule has 0 bridgehead atoms. The third kappa shape index (κ3) is 5.77. The summed E-state index contributed by atoms with van der Waals surface area (Å²) in [4.78, 5) is 35.1. The molecule has 0 saturated carbocycles. The lowest BCUT2D eigenvalue weighted by Crippen LogP contribution is -2.36. The van der Waals surface area contributed by atoms with Gasteiger partial charge in [-0.1, -0.05) is 41.6 Å². The fraction of sp³-hybridized carbons (Fsp3) is 0.318. The Morgan fingerprint density at radius 3 is 2.79 bits per heavy atom. The Balaban J connectivity index is 1.54. The number of carbonyl (C=O) groups is 1. The van der Waals surface area contributed by atoms with Crippen LogP contribution in [0.4, 0.5) is 11.4 Å². The van der Waals surface area contributed by atoms with Gasteiger partial charge in [0, 0.05) is 30.6 Å². The Labute approximate surface area is 199 Å². The molecule has 3 aromatic rings. The number of hydrogen-bond acceptors (Lipinski definition) is 8. The number of anilines is 1. The molecule has 1 unspecified atom stereocenters. The van der Waals surface area contributed by atoms with Gasteiger partial charge in [0.1, 0.15) is 10.9 Å². The van der Waals surface area contributed by atoms with Crippen molar-refractivity contribution < 1.29 is 14.5 Å². The van der Waals surface area contributed by atoms with Crippen molar-refractivity contribution in [3.8, 4) is 0 Å². The zero-order valence-electron chi connectivity index (χ0n) is 17.9. The maximum absolute atomic E-state index is 12.9. The van der Waals surface area contributed by atoms with Gasteiger partial charge in [-0.25, -0.2) is 9.97 Å². The number of aromatic nitrogens is 2. The summed E-state index contributed by atoms with van der Waals surface area (Å²) >= 11 is 7.43. The van der Waals surface area contributed by atoms with Gasteiger partial charge in [-0.2, -0.15) is 0 Å². The number of benzene rings is 2. The molecule has 172 valence electrons. The molecule has 2 aromatic carbocycles. The SMILES string of the molecule is CC(Sc1nc(CN2CCOCC2)nc2ccccc12)C(=O)Nc1cc([N+](=O)[O-])ccc1Cl. The summed E-state index contributed by atoms with van der Waals surface area (Å²) in [6.45, 7) is 5.37. The van der Waals surface area contributed by atoms with Crippen molar-refractivity contribution in [3.05, 3.63) is 63.4 Å². The Hall–Kier alpha value is -2.79. The van der Waals surface area contributed by atoms with E-state index in [0.717, 1.165) is 24.0 Å². The molecule has 1 amide bonds. The number of non-ortho nitro benzene ring substituents is 1. The summed E-state index contributed by atoms with van der Waals surface area (Å²) in [5.41, 5.74) is 0.862. The summed E-state index contributed by atoms with van der Waals surface area (Å²) in [5.74, 6) is 0.354. The van der Waals surface area contributed by atoms with Gasteiger partial charge >= 0.3 is 0 Å². The molecule has 9 nitrogen and oxygen atoms in total. The minimum atomic E-state index is -0.535. The van der Waals surface area contributed by atoms with E-state index in [1.165, 1.54) is 30.0 Å². The number of ether oxygens (including phenoxy) is 1. The predicted molar refractivity (Wildman–Crippen MR) is 128 cm³/mol. The molecule has 1 fully saturated rings. The van der Waals surface area contributed by atoms with Crippen LogP contribution in [0.1, 0.15) is 12.7 Å². The van der Waals surface area contributed by atoms with E-state index in [2.05, 4.69) is 10.2 Å². The van der Waals surface area contributed by atoms with Crippen LogP contribution in [0.15, 0.2) is 47.5 Å². The molecule has 1 saturated heterocycles. The lowest BCUT2D eigenvalue weighted by Gasteiger charge is -2.26. The smallest absolute Gasteiger partial charge is 0.271 e.